The zero-order valence-electron chi connectivity index (χ0n) is 7.43. The lowest BCUT2D eigenvalue weighted by Gasteiger charge is -2.06. The minimum absolute atomic E-state index is 0.559. The van der Waals surface area contributed by atoms with Crippen LogP contribution in [-0.4, -0.2) is 12.6 Å². The molecule has 0 fully saturated rings. The molecule has 0 aromatic carbocycles. The Kier molecular flexibility index (Phi) is 4.06. The monoisotopic (exact) mass is 203 g/mol. The first-order valence-corrected chi connectivity index (χ1v) is 5.41. The second kappa shape index (κ2) is 4.85. The van der Waals surface area contributed by atoms with E-state index in [9.17, 15) is 0 Å². The van der Waals surface area contributed by atoms with Gasteiger partial charge < -0.3 is 5.32 Å². The molecule has 0 bridgehead atoms. The minimum atomic E-state index is 0.559. The molecule has 0 radical (unpaired) electrons. The Morgan fingerprint density at radius 2 is 2.33 bits per heavy atom. The van der Waals surface area contributed by atoms with E-state index in [0.29, 0.717) is 6.04 Å². The van der Waals surface area contributed by atoms with Gasteiger partial charge in [0.2, 0.25) is 0 Å². The fourth-order valence-corrected chi connectivity index (χ4v) is 2.11. The zero-order valence-corrected chi connectivity index (χ0v) is 9.00. The van der Waals surface area contributed by atoms with Crippen LogP contribution in [0.1, 0.15) is 18.7 Å². The summed E-state index contributed by atoms with van der Waals surface area (Å²) in [6.07, 6.45) is 1.04. The molecule has 1 N–H and O–H groups in total. The molecule has 1 rings (SSSR count). The summed E-state index contributed by atoms with van der Waals surface area (Å²) in [6, 6.07) is 2.51. The molecule has 0 aliphatic rings. The van der Waals surface area contributed by atoms with Crippen LogP contribution in [0.15, 0.2) is 11.4 Å². The van der Waals surface area contributed by atoms with Crippen LogP contribution in [0.5, 0.6) is 0 Å². The van der Waals surface area contributed by atoms with Crippen LogP contribution in [0.2, 0.25) is 5.02 Å². The number of halogens is 1. The van der Waals surface area contributed by atoms with Crippen LogP contribution in [-0.2, 0) is 6.42 Å². The van der Waals surface area contributed by atoms with Gasteiger partial charge in [-0.25, -0.2) is 0 Å². The van der Waals surface area contributed by atoms with Gasteiger partial charge in [-0.05, 0) is 17.9 Å². The predicted octanol–water partition coefficient (Wildman–Crippen LogP) is 2.94. The molecule has 0 aliphatic carbocycles. The molecule has 0 saturated carbocycles. The number of hydrogen-bond donors (Lipinski definition) is 1. The lowest BCUT2D eigenvalue weighted by molar-refractivity contribution is 0.592. The number of thiophene rings is 1. The van der Waals surface area contributed by atoms with Crippen molar-refractivity contribution in [3.8, 4) is 0 Å². The van der Waals surface area contributed by atoms with Crippen LogP contribution < -0.4 is 5.32 Å². The van der Waals surface area contributed by atoms with E-state index in [4.69, 9.17) is 11.6 Å². The summed E-state index contributed by atoms with van der Waals surface area (Å²) >= 11 is 7.67. The highest BCUT2D eigenvalue weighted by molar-refractivity contribution is 7.10. The van der Waals surface area contributed by atoms with Gasteiger partial charge in [-0.3, -0.25) is 0 Å². The van der Waals surface area contributed by atoms with Gasteiger partial charge in [0.1, 0.15) is 0 Å². The summed E-state index contributed by atoms with van der Waals surface area (Å²) in [5.74, 6) is 0. The van der Waals surface area contributed by atoms with Gasteiger partial charge >= 0.3 is 0 Å². The summed E-state index contributed by atoms with van der Waals surface area (Å²) in [4.78, 5) is 1.28. The van der Waals surface area contributed by atoms with Crippen LogP contribution in [0.3, 0.4) is 0 Å². The Morgan fingerprint density at radius 1 is 1.58 bits per heavy atom. The molecule has 0 aliphatic heterocycles. The SMILES string of the molecule is CC(C)NCCc1sccc1Cl. The molecule has 1 aromatic heterocycles. The molecule has 1 nitrogen and oxygen atoms in total. The van der Waals surface area contributed by atoms with E-state index in [1.165, 1.54) is 4.88 Å². The van der Waals surface area contributed by atoms with Gasteiger partial charge in [0.25, 0.3) is 0 Å². The normalized spacial score (nSPS) is 11.0. The molecule has 12 heavy (non-hydrogen) atoms. The average molecular weight is 204 g/mol. The summed E-state index contributed by atoms with van der Waals surface area (Å²) in [5, 5.41) is 6.30. The molecule has 0 spiro atoms. The van der Waals surface area contributed by atoms with Crippen molar-refractivity contribution >= 4 is 22.9 Å². The molecular formula is C9H14ClNS. The standard InChI is InChI=1S/C9H14ClNS/c1-7(2)11-5-3-9-8(10)4-6-12-9/h4,6-7,11H,3,5H2,1-2H3. The topological polar surface area (TPSA) is 12.0 Å². The molecular weight excluding hydrogens is 190 g/mol. The van der Waals surface area contributed by atoms with Gasteiger partial charge in [-0.1, -0.05) is 25.4 Å². The van der Waals surface area contributed by atoms with Crippen molar-refractivity contribution in [2.75, 3.05) is 6.54 Å². The van der Waals surface area contributed by atoms with Crippen molar-refractivity contribution in [2.45, 2.75) is 26.3 Å². The molecule has 3 heteroatoms. The van der Waals surface area contributed by atoms with Crippen molar-refractivity contribution in [1.29, 1.82) is 0 Å². The lowest BCUT2D eigenvalue weighted by Crippen LogP contribution is -2.24. The van der Waals surface area contributed by atoms with E-state index >= 15 is 0 Å². The quantitative estimate of drug-likeness (QED) is 0.794. The highest BCUT2D eigenvalue weighted by atomic mass is 35.5. The van der Waals surface area contributed by atoms with E-state index in [1.54, 1.807) is 11.3 Å². The Morgan fingerprint density at radius 3 is 2.83 bits per heavy atom. The molecule has 0 amide bonds. The number of nitrogens with one attached hydrogen (secondary N) is 1. The molecule has 0 atom stereocenters. The van der Waals surface area contributed by atoms with Crippen LogP contribution in [0.25, 0.3) is 0 Å². The first-order chi connectivity index (χ1) is 5.70. The maximum atomic E-state index is 5.94. The summed E-state index contributed by atoms with van der Waals surface area (Å²) in [5.41, 5.74) is 0. The Labute approximate surface area is 82.7 Å². The average Bonchev–Trinajstić information content (AvgIpc) is 2.36. The van der Waals surface area contributed by atoms with Crippen molar-refractivity contribution in [2.24, 2.45) is 0 Å². The van der Waals surface area contributed by atoms with E-state index < -0.39 is 0 Å². The van der Waals surface area contributed by atoms with E-state index in [-0.39, 0.29) is 0 Å². The summed E-state index contributed by atoms with van der Waals surface area (Å²) in [7, 11) is 0. The van der Waals surface area contributed by atoms with Gasteiger partial charge in [0.15, 0.2) is 0 Å². The van der Waals surface area contributed by atoms with Crippen molar-refractivity contribution in [1.82, 2.24) is 5.32 Å². The van der Waals surface area contributed by atoms with Crippen molar-refractivity contribution in [3.63, 3.8) is 0 Å². The third-order valence-corrected chi connectivity index (χ3v) is 3.04. The van der Waals surface area contributed by atoms with Gasteiger partial charge in [-0.15, -0.1) is 11.3 Å². The zero-order chi connectivity index (χ0) is 8.97. The van der Waals surface area contributed by atoms with Crippen LogP contribution in [0.4, 0.5) is 0 Å². The van der Waals surface area contributed by atoms with E-state index in [1.807, 2.05) is 11.4 Å². The van der Waals surface area contributed by atoms with E-state index in [0.717, 1.165) is 18.0 Å². The molecule has 68 valence electrons. The predicted molar refractivity (Wildman–Crippen MR) is 56.2 cm³/mol. The molecule has 0 saturated heterocycles. The third kappa shape index (κ3) is 3.13. The minimum Gasteiger partial charge on any atom is -0.314 e. The maximum Gasteiger partial charge on any atom is 0.0545 e. The van der Waals surface area contributed by atoms with Gasteiger partial charge in [0, 0.05) is 17.5 Å². The first kappa shape index (κ1) is 10.0. The molecule has 1 heterocycles. The number of rotatable bonds is 4. The first-order valence-electron chi connectivity index (χ1n) is 4.15. The maximum absolute atomic E-state index is 5.94. The Hall–Kier alpha value is -0.0500. The second-order valence-electron chi connectivity index (χ2n) is 3.05. The highest BCUT2D eigenvalue weighted by Crippen LogP contribution is 2.21. The van der Waals surface area contributed by atoms with Crippen LogP contribution in [0, 0.1) is 0 Å². The van der Waals surface area contributed by atoms with E-state index in [2.05, 4.69) is 19.2 Å². The fourth-order valence-electron chi connectivity index (χ4n) is 0.978. The molecule has 0 unspecified atom stereocenters. The van der Waals surface area contributed by atoms with Crippen molar-refractivity contribution < 1.29 is 0 Å². The van der Waals surface area contributed by atoms with Crippen molar-refractivity contribution in [3.05, 3.63) is 21.3 Å². The second-order valence-corrected chi connectivity index (χ2v) is 4.46. The fraction of sp³-hybridized carbons (Fsp3) is 0.556. The highest BCUT2D eigenvalue weighted by Gasteiger charge is 2.00. The Balaban J connectivity index is 2.29. The molecule has 1 aromatic rings. The summed E-state index contributed by atoms with van der Waals surface area (Å²) < 4.78 is 0. The largest absolute Gasteiger partial charge is 0.314 e. The van der Waals surface area contributed by atoms with Gasteiger partial charge in [-0.2, -0.15) is 0 Å². The van der Waals surface area contributed by atoms with Crippen LogP contribution >= 0.6 is 22.9 Å². The summed E-state index contributed by atoms with van der Waals surface area (Å²) in [6.45, 7) is 5.31. The van der Waals surface area contributed by atoms with Gasteiger partial charge in [0.05, 0.1) is 5.02 Å². The lowest BCUT2D eigenvalue weighted by atomic mass is 10.3. The Bertz CT molecular complexity index is 232. The smallest absolute Gasteiger partial charge is 0.0545 e. The number of hydrogen-bond acceptors (Lipinski definition) is 2. The third-order valence-electron chi connectivity index (χ3n) is 1.60.